The highest BCUT2D eigenvalue weighted by molar-refractivity contribution is 7.89. The maximum Gasteiger partial charge on any atom is 0.245 e. The normalized spacial score (nSPS) is 15.5. The summed E-state index contributed by atoms with van der Waals surface area (Å²) in [7, 11) is -1.79. The number of aromatic nitrogens is 1. The van der Waals surface area contributed by atoms with Gasteiger partial charge in [-0.05, 0) is 17.2 Å². The van der Waals surface area contributed by atoms with Gasteiger partial charge in [0.05, 0.1) is 6.61 Å². The molecule has 0 unspecified atom stereocenters. The zero-order valence-electron chi connectivity index (χ0n) is 11.2. The summed E-state index contributed by atoms with van der Waals surface area (Å²) in [5.74, 6) is 0. The molecular formula is C14H16N2O3S. The number of benzene rings is 1. The van der Waals surface area contributed by atoms with Crippen LogP contribution in [0.1, 0.15) is 16.8 Å². The Bertz CT molecular complexity index is 725. The lowest BCUT2D eigenvalue weighted by Gasteiger charge is -2.14. The smallest absolute Gasteiger partial charge is 0.245 e. The van der Waals surface area contributed by atoms with E-state index in [2.05, 4.69) is 0 Å². The molecule has 0 radical (unpaired) electrons. The standard InChI is InChI=1S/C14H16N2O3S/c1-15-9-14(6-13(15)10-17)20(18,19)16-7-11-4-2-3-5-12(11)8-16/h2-6,9,17H,7-8,10H2,1H3. The van der Waals surface area contributed by atoms with Gasteiger partial charge >= 0.3 is 0 Å². The molecule has 1 aliphatic rings. The Hall–Kier alpha value is -1.63. The molecule has 1 aromatic carbocycles. The van der Waals surface area contributed by atoms with Gasteiger partial charge in [0, 0.05) is 32.0 Å². The largest absolute Gasteiger partial charge is 0.390 e. The molecule has 1 N–H and O–H groups in total. The summed E-state index contributed by atoms with van der Waals surface area (Å²) in [4.78, 5) is 0.233. The molecule has 0 saturated heterocycles. The van der Waals surface area contributed by atoms with Gasteiger partial charge in [-0.1, -0.05) is 24.3 Å². The van der Waals surface area contributed by atoms with Crippen molar-refractivity contribution in [3.8, 4) is 0 Å². The van der Waals surface area contributed by atoms with Gasteiger partial charge in [0.1, 0.15) is 4.90 Å². The van der Waals surface area contributed by atoms with E-state index in [-0.39, 0.29) is 11.5 Å². The van der Waals surface area contributed by atoms with Gasteiger partial charge in [-0.3, -0.25) is 0 Å². The topological polar surface area (TPSA) is 62.5 Å². The van der Waals surface area contributed by atoms with Gasteiger partial charge in [-0.15, -0.1) is 0 Å². The van der Waals surface area contributed by atoms with Crippen molar-refractivity contribution in [1.82, 2.24) is 8.87 Å². The number of hydrogen-bond donors (Lipinski definition) is 1. The molecule has 0 fully saturated rings. The Morgan fingerprint density at radius 3 is 2.30 bits per heavy atom. The summed E-state index contributed by atoms with van der Waals surface area (Å²) in [6.45, 7) is 0.635. The van der Waals surface area contributed by atoms with Crippen molar-refractivity contribution in [1.29, 1.82) is 0 Å². The summed E-state index contributed by atoms with van der Waals surface area (Å²) in [6, 6.07) is 9.27. The van der Waals surface area contributed by atoms with Gasteiger partial charge in [-0.25, -0.2) is 8.42 Å². The molecule has 0 saturated carbocycles. The fourth-order valence-electron chi connectivity index (χ4n) is 2.50. The highest BCUT2D eigenvalue weighted by Gasteiger charge is 2.31. The first-order valence-electron chi connectivity index (χ1n) is 6.35. The van der Waals surface area contributed by atoms with E-state index >= 15 is 0 Å². The molecule has 2 aromatic rings. The maximum atomic E-state index is 12.6. The van der Waals surface area contributed by atoms with Gasteiger partial charge in [0.2, 0.25) is 10.0 Å². The van der Waals surface area contributed by atoms with Crippen LogP contribution in [0.4, 0.5) is 0 Å². The minimum absolute atomic E-state index is 0.174. The third-order valence-corrected chi connectivity index (χ3v) is 5.45. The van der Waals surface area contributed by atoms with E-state index in [9.17, 15) is 13.5 Å². The van der Waals surface area contributed by atoms with Crippen LogP contribution >= 0.6 is 0 Å². The van der Waals surface area contributed by atoms with Crippen LogP contribution in [-0.2, 0) is 36.8 Å². The van der Waals surface area contributed by atoms with Crippen LogP contribution in [0.3, 0.4) is 0 Å². The lowest BCUT2D eigenvalue weighted by atomic mass is 10.1. The van der Waals surface area contributed by atoms with E-state index in [1.54, 1.807) is 17.8 Å². The Morgan fingerprint density at radius 2 is 1.80 bits per heavy atom. The highest BCUT2D eigenvalue weighted by Crippen LogP contribution is 2.29. The lowest BCUT2D eigenvalue weighted by molar-refractivity contribution is 0.272. The average Bonchev–Trinajstić information content (AvgIpc) is 3.02. The number of aryl methyl sites for hydroxylation is 1. The molecule has 0 atom stereocenters. The fraction of sp³-hybridized carbons (Fsp3) is 0.286. The minimum Gasteiger partial charge on any atom is -0.390 e. The lowest BCUT2D eigenvalue weighted by Crippen LogP contribution is -2.25. The Balaban J connectivity index is 1.94. The van der Waals surface area contributed by atoms with Crippen molar-refractivity contribution in [2.75, 3.05) is 0 Å². The number of aliphatic hydroxyl groups is 1. The molecular weight excluding hydrogens is 276 g/mol. The molecule has 1 aromatic heterocycles. The second-order valence-electron chi connectivity index (χ2n) is 4.98. The van der Waals surface area contributed by atoms with Gasteiger partial charge in [-0.2, -0.15) is 4.31 Å². The van der Waals surface area contributed by atoms with Crippen LogP contribution in [-0.4, -0.2) is 22.4 Å². The van der Waals surface area contributed by atoms with Crippen molar-refractivity contribution in [3.63, 3.8) is 0 Å². The van der Waals surface area contributed by atoms with Crippen LogP contribution < -0.4 is 0 Å². The molecule has 1 aliphatic heterocycles. The quantitative estimate of drug-likeness (QED) is 0.925. The van der Waals surface area contributed by atoms with E-state index in [0.29, 0.717) is 18.8 Å². The number of fused-ring (bicyclic) bond motifs is 1. The molecule has 0 aliphatic carbocycles. The second kappa shape index (κ2) is 4.73. The molecule has 2 heterocycles. The molecule has 0 bridgehead atoms. The van der Waals surface area contributed by atoms with E-state index in [1.807, 2.05) is 24.3 Å². The Morgan fingerprint density at radius 1 is 1.20 bits per heavy atom. The zero-order chi connectivity index (χ0) is 14.3. The molecule has 106 valence electrons. The molecule has 0 spiro atoms. The number of aliphatic hydroxyl groups excluding tert-OH is 1. The van der Waals surface area contributed by atoms with Crippen LogP contribution in [0.5, 0.6) is 0 Å². The second-order valence-corrected chi connectivity index (χ2v) is 6.92. The van der Waals surface area contributed by atoms with Crippen molar-refractivity contribution in [3.05, 3.63) is 53.3 Å². The third kappa shape index (κ3) is 2.06. The third-order valence-electron chi connectivity index (χ3n) is 3.69. The Labute approximate surface area is 118 Å². The van der Waals surface area contributed by atoms with E-state index in [1.165, 1.54) is 10.4 Å². The number of sulfonamides is 1. The summed E-state index contributed by atoms with van der Waals surface area (Å²) < 4.78 is 28.3. The first-order chi connectivity index (χ1) is 9.52. The Kier molecular flexibility index (Phi) is 3.16. The van der Waals surface area contributed by atoms with Gasteiger partial charge < -0.3 is 9.67 Å². The van der Waals surface area contributed by atoms with Crippen molar-refractivity contribution < 1.29 is 13.5 Å². The van der Waals surface area contributed by atoms with Crippen molar-refractivity contribution in [2.45, 2.75) is 24.6 Å². The van der Waals surface area contributed by atoms with E-state index in [4.69, 9.17) is 0 Å². The summed E-state index contributed by atoms with van der Waals surface area (Å²) in [5.41, 5.74) is 2.68. The first-order valence-corrected chi connectivity index (χ1v) is 7.79. The number of nitrogens with zero attached hydrogens (tertiary/aromatic N) is 2. The molecule has 20 heavy (non-hydrogen) atoms. The first kappa shape index (κ1) is 13.4. The maximum absolute atomic E-state index is 12.6. The van der Waals surface area contributed by atoms with E-state index in [0.717, 1.165) is 11.1 Å². The molecule has 3 rings (SSSR count). The van der Waals surface area contributed by atoms with Crippen molar-refractivity contribution in [2.24, 2.45) is 7.05 Å². The highest BCUT2D eigenvalue weighted by atomic mass is 32.2. The monoisotopic (exact) mass is 292 g/mol. The predicted octanol–water partition coefficient (Wildman–Crippen LogP) is 1.22. The number of hydrogen-bond acceptors (Lipinski definition) is 3. The number of rotatable bonds is 3. The molecule has 5 nitrogen and oxygen atoms in total. The fourth-order valence-corrected chi connectivity index (χ4v) is 3.99. The van der Waals surface area contributed by atoms with Gasteiger partial charge in [0.15, 0.2) is 0 Å². The van der Waals surface area contributed by atoms with E-state index < -0.39 is 10.0 Å². The SMILES string of the molecule is Cn1cc(S(=O)(=O)N2Cc3ccccc3C2)cc1CO. The van der Waals surface area contributed by atoms with Crippen LogP contribution in [0.15, 0.2) is 41.4 Å². The van der Waals surface area contributed by atoms with Crippen LogP contribution in [0.2, 0.25) is 0 Å². The van der Waals surface area contributed by atoms with Crippen LogP contribution in [0.25, 0.3) is 0 Å². The summed E-state index contributed by atoms with van der Waals surface area (Å²) >= 11 is 0. The summed E-state index contributed by atoms with van der Waals surface area (Å²) in [6.07, 6.45) is 1.55. The van der Waals surface area contributed by atoms with Crippen LogP contribution in [0, 0.1) is 0 Å². The molecule has 6 heteroatoms. The van der Waals surface area contributed by atoms with Crippen molar-refractivity contribution >= 4 is 10.0 Å². The average molecular weight is 292 g/mol. The predicted molar refractivity (Wildman–Crippen MR) is 74.2 cm³/mol. The molecule has 0 amide bonds. The minimum atomic E-state index is -3.52. The zero-order valence-corrected chi connectivity index (χ0v) is 12.0. The van der Waals surface area contributed by atoms with Gasteiger partial charge in [0.25, 0.3) is 0 Å². The summed E-state index contributed by atoms with van der Waals surface area (Å²) in [5, 5.41) is 9.18.